The number of hydrogen-bond donors (Lipinski definition) is 2. The SMILES string of the molecule is CCNC(=O)[C@H](C)NS(=O)(=O)N=[S@](C)(=O)c1ccccc1. The lowest BCUT2D eigenvalue weighted by Gasteiger charge is -2.12. The summed E-state index contributed by atoms with van der Waals surface area (Å²) in [4.78, 5) is 11.8. The number of nitrogens with zero attached hydrogens (tertiary/aromatic N) is 1. The van der Waals surface area contributed by atoms with Gasteiger partial charge in [0.2, 0.25) is 5.91 Å². The molecular formula is C12H19N3O4S2. The van der Waals surface area contributed by atoms with Gasteiger partial charge >= 0.3 is 10.2 Å². The average Bonchev–Trinajstić information content (AvgIpc) is 2.38. The molecule has 0 unspecified atom stereocenters. The third kappa shape index (κ3) is 5.44. The maximum Gasteiger partial charge on any atom is 0.328 e. The van der Waals surface area contributed by atoms with E-state index in [0.717, 1.165) is 0 Å². The highest BCUT2D eigenvalue weighted by Crippen LogP contribution is 2.12. The van der Waals surface area contributed by atoms with E-state index in [0.29, 0.717) is 11.4 Å². The molecule has 0 aliphatic carbocycles. The summed E-state index contributed by atoms with van der Waals surface area (Å²) in [5, 5.41) is 2.48. The van der Waals surface area contributed by atoms with Gasteiger partial charge in [-0.2, -0.15) is 13.1 Å². The van der Waals surface area contributed by atoms with E-state index in [9.17, 15) is 17.4 Å². The fourth-order valence-electron chi connectivity index (χ4n) is 1.53. The van der Waals surface area contributed by atoms with Crippen molar-refractivity contribution in [2.45, 2.75) is 24.8 Å². The highest BCUT2D eigenvalue weighted by Gasteiger charge is 2.21. The summed E-state index contributed by atoms with van der Waals surface area (Å²) >= 11 is 0. The van der Waals surface area contributed by atoms with E-state index >= 15 is 0 Å². The van der Waals surface area contributed by atoms with Crippen LogP contribution in [0.5, 0.6) is 0 Å². The Morgan fingerprint density at radius 2 is 1.81 bits per heavy atom. The van der Waals surface area contributed by atoms with Gasteiger partial charge in [-0.1, -0.05) is 22.0 Å². The third-order valence-electron chi connectivity index (χ3n) is 2.49. The number of nitrogens with one attached hydrogen (secondary N) is 2. The van der Waals surface area contributed by atoms with E-state index in [4.69, 9.17) is 0 Å². The molecule has 0 spiro atoms. The molecule has 9 heteroatoms. The van der Waals surface area contributed by atoms with Crippen LogP contribution < -0.4 is 10.0 Å². The van der Waals surface area contributed by atoms with Gasteiger partial charge < -0.3 is 5.32 Å². The molecule has 7 nitrogen and oxygen atoms in total. The van der Waals surface area contributed by atoms with Crippen molar-refractivity contribution in [3.63, 3.8) is 0 Å². The summed E-state index contributed by atoms with van der Waals surface area (Å²) in [6.07, 6.45) is 1.23. The molecule has 1 aromatic rings. The molecule has 0 fully saturated rings. The van der Waals surface area contributed by atoms with Crippen LogP contribution in [0.2, 0.25) is 0 Å². The smallest absolute Gasteiger partial charge is 0.328 e. The Bertz CT molecular complexity index is 707. The third-order valence-corrected chi connectivity index (χ3v) is 6.21. The lowest BCUT2D eigenvalue weighted by Crippen LogP contribution is -2.44. The molecular weight excluding hydrogens is 314 g/mol. The van der Waals surface area contributed by atoms with Crippen molar-refractivity contribution < 1.29 is 17.4 Å². The van der Waals surface area contributed by atoms with Gasteiger partial charge in [0, 0.05) is 17.7 Å². The molecule has 0 radical (unpaired) electrons. The van der Waals surface area contributed by atoms with Gasteiger partial charge in [-0.3, -0.25) is 4.79 Å². The van der Waals surface area contributed by atoms with Crippen LogP contribution in [0.1, 0.15) is 13.8 Å². The number of amides is 1. The first-order valence-electron chi connectivity index (χ1n) is 6.26. The molecule has 0 saturated heterocycles. The lowest BCUT2D eigenvalue weighted by atomic mass is 10.3. The first-order chi connectivity index (χ1) is 9.68. The summed E-state index contributed by atoms with van der Waals surface area (Å²) in [5.74, 6) is -0.474. The maximum atomic E-state index is 12.4. The van der Waals surface area contributed by atoms with Crippen molar-refractivity contribution in [3.8, 4) is 0 Å². The molecule has 1 rings (SSSR count). The molecule has 21 heavy (non-hydrogen) atoms. The zero-order chi connectivity index (χ0) is 16.1. The van der Waals surface area contributed by atoms with Gasteiger partial charge in [0.25, 0.3) is 0 Å². The summed E-state index contributed by atoms with van der Waals surface area (Å²) < 4.78 is 41.7. The molecule has 1 aromatic carbocycles. The van der Waals surface area contributed by atoms with Crippen LogP contribution in [-0.2, 0) is 24.7 Å². The number of hydrogen-bond acceptors (Lipinski definition) is 4. The average molecular weight is 333 g/mol. The topological polar surface area (TPSA) is 105 Å². The second-order valence-corrected chi connectivity index (χ2v) is 8.26. The predicted molar refractivity (Wildman–Crippen MR) is 81.4 cm³/mol. The van der Waals surface area contributed by atoms with Crippen LogP contribution in [-0.4, -0.2) is 37.4 Å². The standard InChI is InChI=1S/C12H19N3O4S2/c1-4-13-12(16)10(2)14-21(18,19)15-20(3,17)11-8-6-5-7-9-11/h5-10,14H,4H2,1-3H3,(H,13,16)/t10-,20+/m0/s1. The van der Waals surface area contributed by atoms with Crippen molar-refractivity contribution in [2.75, 3.05) is 12.8 Å². The normalized spacial score (nSPS) is 15.8. The van der Waals surface area contributed by atoms with Gasteiger partial charge in [-0.15, -0.1) is 0 Å². The molecule has 0 aliphatic rings. The van der Waals surface area contributed by atoms with Gasteiger partial charge in [-0.05, 0) is 26.0 Å². The molecule has 0 aromatic heterocycles. The van der Waals surface area contributed by atoms with E-state index in [1.807, 2.05) is 0 Å². The lowest BCUT2D eigenvalue weighted by molar-refractivity contribution is -0.122. The second kappa shape index (κ2) is 7.01. The molecule has 0 saturated carbocycles. The highest BCUT2D eigenvalue weighted by molar-refractivity contribution is 8.02. The Kier molecular flexibility index (Phi) is 5.87. The Hall–Kier alpha value is -1.45. The quantitative estimate of drug-likeness (QED) is 0.791. The number of benzene rings is 1. The van der Waals surface area contributed by atoms with Gasteiger partial charge in [0.1, 0.15) is 0 Å². The summed E-state index contributed by atoms with van der Waals surface area (Å²) in [7, 11) is -7.32. The first kappa shape index (κ1) is 17.6. The minimum atomic E-state index is -4.21. The monoisotopic (exact) mass is 333 g/mol. The molecule has 2 N–H and O–H groups in total. The van der Waals surface area contributed by atoms with Crippen LogP contribution in [0.4, 0.5) is 0 Å². The zero-order valence-electron chi connectivity index (χ0n) is 12.1. The molecule has 2 atom stereocenters. The van der Waals surface area contributed by atoms with Crippen LogP contribution in [0.25, 0.3) is 0 Å². The summed E-state index contributed by atoms with van der Waals surface area (Å²) in [5.41, 5.74) is 0. The molecule has 1 amide bonds. The van der Waals surface area contributed by atoms with Crippen molar-refractivity contribution >= 4 is 25.8 Å². The molecule has 0 aliphatic heterocycles. The van der Waals surface area contributed by atoms with Crippen LogP contribution >= 0.6 is 0 Å². The molecule has 118 valence electrons. The second-order valence-electron chi connectivity index (χ2n) is 4.40. The Morgan fingerprint density at radius 3 is 2.33 bits per heavy atom. The van der Waals surface area contributed by atoms with Gasteiger partial charge in [0.05, 0.1) is 15.8 Å². The summed E-state index contributed by atoms with van der Waals surface area (Å²) in [6.45, 7) is 3.49. The zero-order valence-corrected chi connectivity index (χ0v) is 13.7. The van der Waals surface area contributed by atoms with Crippen molar-refractivity contribution in [2.24, 2.45) is 3.77 Å². The van der Waals surface area contributed by atoms with E-state index in [2.05, 4.69) is 13.8 Å². The van der Waals surface area contributed by atoms with Crippen molar-refractivity contribution in [3.05, 3.63) is 30.3 Å². The van der Waals surface area contributed by atoms with E-state index in [1.54, 1.807) is 25.1 Å². The van der Waals surface area contributed by atoms with Gasteiger partial charge in [0.15, 0.2) is 0 Å². The Labute approximate surface area is 125 Å². The van der Waals surface area contributed by atoms with Crippen LogP contribution in [0, 0.1) is 0 Å². The van der Waals surface area contributed by atoms with Crippen molar-refractivity contribution in [1.29, 1.82) is 0 Å². The Balaban J connectivity index is 3.02. The van der Waals surface area contributed by atoms with Crippen LogP contribution in [0.15, 0.2) is 39.0 Å². The number of carbonyl (C=O) groups is 1. The maximum absolute atomic E-state index is 12.4. The van der Waals surface area contributed by atoms with Crippen molar-refractivity contribution in [1.82, 2.24) is 10.0 Å². The van der Waals surface area contributed by atoms with E-state index in [1.165, 1.54) is 25.3 Å². The fourth-order valence-corrected chi connectivity index (χ4v) is 4.76. The van der Waals surface area contributed by atoms with Crippen LogP contribution in [0.3, 0.4) is 0 Å². The molecule has 0 bridgehead atoms. The van der Waals surface area contributed by atoms with E-state index in [-0.39, 0.29) is 0 Å². The first-order valence-corrected chi connectivity index (χ1v) is 9.63. The highest BCUT2D eigenvalue weighted by atomic mass is 32.3. The summed E-state index contributed by atoms with van der Waals surface area (Å²) in [6, 6.07) is 7.09. The fraction of sp³-hybridized carbons (Fsp3) is 0.417. The van der Waals surface area contributed by atoms with E-state index < -0.39 is 31.9 Å². The molecule has 0 heterocycles. The predicted octanol–water partition coefficient (Wildman–Crippen LogP) is 0.502. The Morgan fingerprint density at radius 1 is 1.24 bits per heavy atom. The number of likely N-dealkylation sites (N-methyl/N-ethyl adjacent to an activating group) is 1. The number of rotatable bonds is 6. The minimum absolute atomic E-state index is 0.307. The largest absolute Gasteiger partial charge is 0.355 e. The minimum Gasteiger partial charge on any atom is -0.355 e. The number of carbonyl (C=O) groups excluding carboxylic acids is 1. The van der Waals surface area contributed by atoms with Gasteiger partial charge in [-0.25, -0.2) is 4.21 Å².